The van der Waals surface area contributed by atoms with E-state index in [0.717, 1.165) is 81.4 Å². The monoisotopic (exact) mass is 675 g/mol. The molecule has 1 unspecified atom stereocenters. The average molecular weight is 676 g/mol. The maximum atomic E-state index is 15.2. The van der Waals surface area contributed by atoms with Crippen LogP contribution in [0, 0.1) is 11.7 Å². The predicted molar refractivity (Wildman–Crippen MR) is 179 cm³/mol. The second kappa shape index (κ2) is 14.2. The number of aromatic nitrogens is 2. The molecule has 3 amide bonds. The highest BCUT2D eigenvalue weighted by Gasteiger charge is 2.39. The van der Waals surface area contributed by atoms with Crippen molar-refractivity contribution in [1.82, 2.24) is 25.1 Å². The van der Waals surface area contributed by atoms with E-state index in [4.69, 9.17) is 21.3 Å². The van der Waals surface area contributed by atoms with Gasteiger partial charge in [-0.05, 0) is 73.9 Å². The van der Waals surface area contributed by atoms with Gasteiger partial charge in [0.15, 0.2) is 0 Å². The molecule has 3 N–H and O–H groups in total. The molecule has 0 radical (unpaired) electrons. The first-order valence-corrected chi connectivity index (χ1v) is 17.1. The second-order valence-electron chi connectivity index (χ2n) is 13.1. The Hall–Kier alpha value is -4.13. The number of hydrogen-bond donors (Lipinski definition) is 3. The maximum Gasteiger partial charge on any atom is 0.255 e. The van der Waals surface area contributed by atoms with Crippen molar-refractivity contribution in [3.8, 4) is 11.3 Å². The molecule has 3 fully saturated rings. The highest BCUT2D eigenvalue weighted by Crippen LogP contribution is 2.32. The molecule has 3 saturated heterocycles. The van der Waals surface area contributed by atoms with Crippen LogP contribution in [0.5, 0.6) is 0 Å². The van der Waals surface area contributed by atoms with Gasteiger partial charge in [-0.25, -0.2) is 14.4 Å². The summed E-state index contributed by atoms with van der Waals surface area (Å²) in [6, 6.07) is 10.3. The summed E-state index contributed by atoms with van der Waals surface area (Å²) >= 11 is 6.58. The van der Waals surface area contributed by atoms with E-state index in [1.165, 1.54) is 11.0 Å². The third-order valence-electron chi connectivity index (χ3n) is 9.82. The van der Waals surface area contributed by atoms with Crippen LogP contribution in [0.2, 0.25) is 5.02 Å². The minimum atomic E-state index is -0.725. The lowest BCUT2D eigenvalue weighted by Gasteiger charge is -2.32. The minimum absolute atomic E-state index is 0.177. The number of ether oxygens (including phenoxy) is 1. The first-order chi connectivity index (χ1) is 23.3. The lowest BCUT2D eigenvalue weighted by atomic mass is 10.0. The molecule has 1 aromatic carbocycles. The van der Waals surface area contributed by atoms with Crippen LogP contribution in [0.1, 0.15) is 60.0 Å². The van der Waals surface area contributed by atoms with Gasteiger partial charge in [0, 0.05) is 81.3 Å². The van der Waals surface area contributed by atoms with Gasteiger partial charge < -0.3 is 20.3 Å². The SMILES string of the molecule is O=C1CCC(N2Cc3cc(CN4CCC(Nc5cc(-c6cccc(NCC7CCOCC7)n6)c(Cl)cn5)CC4)c(F)cc3C2=O)C(=O)N1. The van der Waals surface area contributed by atoms with Crippen molar-refractivity contribution < 1.29 is 23.5 Å². The Labute approximate surface area is 283 Å². The number of carbonyl (C=O) groups is 3. The van der Waals surface area contributed by atoms with Crippen molar-refractivity contribution in [2.45, 2.75) is 63.7 Å². The van der Waals surface area contributed by atoms with Gasteiger partial charge in [-0.3, -0.25) is 24.6 Å². The molecule has 11 nitrogen and oxygen atoms in total. The fourth-order valence-electron chi connectivity index (χ4n) is 7.04. The van der Waals surface area contributed by atoms with Gasteiger partial charge in [-0.1, -0.05) is 17.7 Å². The number of imide groups is 1. The number of piperidine rings is 2. The molecule has 0 spiro atoms. The molecule has 6 heterocycles. The number of amides is 3. The maximum absolute atomic E-state index is 15.2. The van der Waals surface area contributed by atoms with Gasteiger partial charge in [0.25, 0.3) is 5.91 Å². The number of anilines is 2. The smallest absolute Gasteiger partial charge is 0.255 e. The molecule has 4 aliphatic heterocycles. The van der Waals surface area contributed by atoms with Gasteiger partial charge in [-0.15, -0.1) is 0 Å². The van der Waals surface area contributed by atoms with E-state index in [0.29, 0.717) is 28.6 Å². The number of rotatable bonds is 9. The summed E-state index contributed by atoms with van der Waals surface area (Å²) in [5.74, 6) is 0.496. The first kappa shape index (κ1) is 32.4. The van der Waals surface area contributed by atoms with Crippen molar-refractivity contribution in [3.05, 3.63) is 70.1 Å². The van der Waals surface area contributed by atoms with Gasteiger partial charge in [-0.2, -0.15) is 0 Å². The fraction of sp³-hybridized carbons (Fsp3) is 0.457. The quantitative estimate of drug-likeness (QED) is 0.279. The number of pyridine rings is 2. The molecule has 3 aromatic rings. The molecule has 48 heavy (non-hydrogen) atoms. The fourth-order valence-corrected chi connectivity index (χ4v) is 7.24. The normalized spacial score (nSPS) is 20.9. The van der Waals surface area contributed by atoms with Crippen LogP contribution >= 0.6 is 11.6 Å². The highest BCUT2D eigenvalue weighted by atomic mass is 35.5. The summed E-state index contributed by atoms with van der Waals surface area (Å²) in [6.45, 7) is 4.65. The van der Waals surface area contributed by atoms with Gasteiger partial charge in [0.05, 0.1) is 10.7 Å². The zero-order valence-corrected chi connectivity index (χ0v) is 27.4. The third-order valence-corrected chi connectivity index (χ3v) is 10.1. The summed E-state index contributed by atoms with van der Waals surface area (Å²) in [5, 5.41) is 9.86. The van der Waals surface area contributed by atoms with E-state index in [-0.39, 0.29) is 42.8 Å². The summed E-state index contributed by atoms with van der Waals surface area (Å²) in [4.78, 5) is 50.0. The number of benzene rings is 1. The molecule has 13 heteroatoms. The standard InChI is InChI=1S/C35H39ClFN7O4/c36-27-18-39-32(16-26(27)29-2-1-3-31(41-29)38-17-21-8-12-48-13-9-21)40-24-6-10-43(11-7-24)19-23-14-22-20-44(35(47)25(22)15-28(23)37)30-4-5-33(45)42-34(30)46/h1-3,14-16,18,21,24,30H,4-13,17,19-20H2,(H,38,41)(H,39,40)(H,42,45,46). The lowest BCUT2D eigenvalue weighted by Crippen LogP contribution is -2.52. The van der Waals surface area contributed by atoms with Crippen molar-refractivity contribution in [2.75, 3.05) is 43.5 Å². The van der Waals surface area contributed by atoms with Crippen molar-refractivity contribution in [3.63, 3.8) is 0 Å². The number of carbonyl (C=O) groups excluding carboxylic acids is 3. The van der Waals surface area contributed by atoms with Crippen molar-refractivity contribution in [1.29, 1.82) is 0 Å². The Morgan fingerprint density at radius 2 is 1.81 bits per heavy atom. The molecular formula is C35H39ClFN7O4. The number of fused-ring (bicyclic) bond motifs is 1. The van der Waals surface area contributed by atoms with E-state index in [1.807, 2.05) is 24.3 Å². The first-order valence-electron chi connectivity index (χ1n) is 16.7. The van der Waals surface area contributed by atoms with Crippen molar-refractivity contribution >= 4 is 41.0 Å². The second-order valence-corrected chi connectivity index (χ2v) is 13.5. The van der Waals surface area contributed by atoms with E-state index < -0.39 is 17.8 Å². The largest absolute Gasteiger partial charge is 0.381 e. The zero-order valence-electron chi connectivity index (χ0n) is 26.6. The number of nitrogens with zero attached hydrogens (tertiary/aromatic N) is 4. The number of nitrogens with one attached hydrogen (secondary N) is 3. The van der Waals surface area contributed by atoms with Crippen LogP contribution in [0.25, 0.3) is 11.3 Å². The Balaban J connectivity index is 0.941. The summed E-state index contributed by atoms with van der Waals surface area (Å²) in [7, 11) is 0. The lowest BCUT2D eigenvalue weighted by molar-refractivity contribution is -0.136. The van der Waals surface area contributed by atoms with Gasteiger partial charge in [0.1, 0.15) is 23.5 Å². The Morgan fingerprint density at radius 3 is 2.60 bits per heavy atom. The number of likely N-dealkylation sites (tertiary alicyclic amines) is 1. The van der Waals surface area contributed by atoms with E-state index in [9.17, 15) is 14.4 Å². The molecule has 252 valence electrons. The molecule has 4 aliphatic rings. The van der Waals surface area contributed by atoms with E-state index in [2.05, 4.69) is 25.8 Å². The molecular weight excluding hydrogens is 637 g/mol. The van der Waals surface area contributed by atoms with Gasteiger partial charge >= 0.3 is 0 Å². The van der Waals surface area contributed by atoms with Crippen molar-refractivity contribution in [2.24, 2.45) is 5.92 Å². The third kappa shape index (κ3) is 7.15. The Bertz CT molecular complexity index is 1710. The van der Waals surface area contributed by atoms with Gasteiger partial charge in [0.2, 0.25) is 11.8 Å². The Morgan fingerprint density at radius 1 is 1.00 bits per heavy atom. The predicted octanol–water partition coefficient (Wildman–Crippen LogP) is 4.61. The summed E-state index contributed by atoms with van der Waals surface area (Å²) < 4.78 is 20.7. The van der Waals surface area contributed by atoms with Crippen LogP contribution < -0.4 is 16.0 Å². The molecule has 0 bridgehead atoms. The summed E-state index contributed by atoms with van der Waals surface area (Å²) in [6.07, 6.45) is 5.90. The van der Waals surface area contributed by atoms with E-state index >= 15 is 4.39 Å². The van der Waals surface area contributed by atoms with E-state index in [1.54, 1.807) is 12.3 Å². The molecule has 2 aromatic heterocycles. The average Bonchev–Trinajstić information content (AvgIpc) is 3.40. The topological polar surface area (TPSA) is 129 Å². The molecule has 0 aliphatic carbocycles. The zero-order chi connectivity index (χ0) is 33.2. The number of hydrogen-bond acceptors (Lipinski definition) is 9. The van der Waals surface area contributed by atoms with Crippen LogP contribution in [0.15, 0.2) is 42.6 Å². The number of halogens is 2. The van der Waals surface area contributed by atoms with Crippen LogP contribution in [-0.4, -0.2) is 82.4 Å². The molecule has 0 saturated carbocycles. The van der Waals surface area contributed by atoms with Crippen LogP contribution in [0.4, 0.5) is 16.0 Å². The Kier molecular flexibility index (Phi) is 9.56. The molecule has 7 rings (SSSR count). The highest BCUT2D eigenvalue weighted by molar-refractivity contribution is 6.33. The molecule has 1 atom stereocenters. The minimum Gasteiger partial charge on any atom is -0.381 e. The summed E-state index contributed by atoms with van der Waals surface area (Å²) in [5.41, 5.74) is 3.10. The van der Waals surface area contributed by atoms with Crippen LogP contribution in [-0.2, 0) is 27.4 Å². The van der Waals surface area contributed by atoms with Crippen LogP contribution in [0.3, 0.4) is 0 Å².